The molecule has 5 rings (SSSR count). The molecule has 1 aliphatic heterocycles. The van der Waals surface area contributed by atoms with Crippen LogP contribution in [0.5, 0.6) is 17.4 Å². The molecule has 0 saturated heterocycles. The third-order valence-electron chi connectivity index (χ3n) is 5.48. The number of benzene rings is 3. The van der Waals surface area contributed by atoms with E-state index in [4.69, 9.17) is 19.7 Å². The number of carbonyl (C=O) groups excluding carboxylic acids is 1. The summed E-state index contributed by atoms with van der Waals surface area (Å²) in [4.78, 5) is 19.8. The monoisotopic (exact) mass is 437 g/mol. The Hall–Kier alpha value is -4.57. The van der Waals surface area contributed by atoms with Crippen molar-refractivity contribution in [2.45, 2.75) is 6.92 Å². The minimum atomic E-state index is -0.0755. The molecular formula is C26H19N3O4. The molecule has 3 aromatic carbocycles. The first-order chi connectivity index (χ1) is 16.0. The summed E-state index contributed by atoms with van der Waals surface area (Å²) in [6.07, 6.45) is 0. The van der Waals surface area contributed by atoms with Gasteiger partial charge in [0.2, 0.25) is 0 Å². The standard InChI is InChI=1S/C26H19N3O4/c1-15(30)17-4-8-21-20(12-17)24(26(31)29-21)25(28-19-6-2-16(14-27)3-7-19)18-5-9-22-23(13-18)33-11-10-32-22/h2-9,12-13,29,31H,10-11H2,1H3. The lowest BCUT2D eigenvalue weighted by Crippen LogP contribution is -2.16. The van der Waals surface area contributed by atoms with Crippen LogP contribution in [-0.4, -0.2) is 34.8 Å². The number of nitrogens with zero attached hydrogens (tertiary/aromatic N) is 2. The first kappa shape index (κ1) is 20.3. The van der Waals surface area contributed by atoms with E-state index in [1.165, 1.54) is 6.92 Å². The Kier molecular flexibility index (Phi) is 5.04. The summed E-state index contributed by atoms with van der Waals surface area (Å²) in [6.45, 7) is 2.42. The summed E-state index contributed by atoms with van der Waals surface area (Å²) in [5, 5.41) is 20.6. The molecule has 2 heterocycles. The van der Waals surface area contributed by atoms with Crippen molar-refractivity contribution in [2.24, 2.45) is 4.99 Å². The third kappa shape index (κ3) is 3.79. The minimum absolute atomic E-state index is 0.0620. The zero-order chi connectivity index (χ0) is 22.9. The fraction of sp³-hybridized carbons (Fsp3) is 0.115. The van der Waals surface area contributed by atoms with E-state index in [0.717, 1.165) is 0 Å². The molecule has 0 saturated carbocycles. The lowest BCUT2D eigenvalue weighted by atomic mass is 9.98. The number of ketones is 1. The van der Waals surface area contributed by atoms with E-state index in [0.29, 0.717) is 69.3 Å². The smallest absolute Gasteiger partial charge is 0.199 e. The summed E-state index contributed by atoms with van der Waals surface area (Å²) in [6, 6.07) is 19.6. The molecule has 0 spiro atoms. The first-order valence-electron chi connectivity index (χ1n) is 10.4. The predicted octanol–water partition coefficient (Wildman–Crippen LogP) is 4.89. The average Bonchev–Trinajstić information content (AvgIpc) is 3.17. The van der Waals surface area contributed by atoms with Gasteiger partial charge in [-0.05, 0) is 67.6 Å². The molecule has 0 fully saturated rings. The Morgan fingerprint density at radius 3 is 2.45 bits per heavy atom. The number of Topliss-reactive ketones (excluding diaryl/α,β-unsaturated/α-hetero) is 1. The number of hydrogen-bond donors (Lipinski definition) is 2. The number of carbonyl (C=O) groups is 1. The Bertz CT molecular complexity index is 1460. The molecule has 1 aliphatic rings. The van der Waals surface area contributed by atoms with Gasteiger partial charge in [0.15, 0.2) is 23.2 Å². The minimum Gasteiger partial charge on any atom is -0.494 e. The highest BCUT2D eigenvalue weighted by Crippen LogP contribution is 2.36. The summed E-state index contributed by atoms with van der Waals surface area (Å²) in [5.74, 6) is 1.10. The highest BCUT2D eigenvalue weighted by Gasteiger charge is 2.22. The zero-order valence-electron chi connectivity index (χ0n) is 17.8. The summed E-state index contributed by atoms with van der Waals surface area (Å²) >= 11 is 0. The SMILES string of the molecule is CC(=O)c1ccc2[nH]c(O)c(C(=Nc3ccc(C#N)cc3)c3ccc4c(c3)OCCO4)c2c1. The lowest BCUT2D eigenvalue weighted by Gasteiger charge is -2.19. The Labute approximate surface area is 189 Å². The van der Waals surface area contributed by atoms with Crippen molar-refractivity contribution in [2.75, 3.05) is 13.2 Å². The molecule has 33 heavy (non-hydrogen) atoms. The highest BCUT2D eigenvalue weighted by molar-refractivity contribution is 6.22. The molecule has 0 bridgehead atoms. The number of rotatable bonds is 4. The van der Waals surface area contributed by atoms with Crippen molar-refractivity contribution in [1.82, 2.24) is 4.98 Å². The normalized spacial score (nSPS) is 13.0. The van der Waals surface area contributed by atoms with E-state index in [-0.39, 0.29) is 11.7 Å². The molecule has 1 aromatic heterocycles. The van der Waals surface area contributed by atoms with Gasteiger partial charge in [-0.1, -0.05) is 0 Å². The van der Waals surface area contributed by atoms with Gasteiger partial charge in [0, 0.05) is 22.0 Å². The zero-order valence-corrected chi connectivity index (χ0v) is 17.8. The van der Waals surface area contributed by atoms with Gasteiger partial charge in [-0.3, -0.25) is 4.79 Å². The van der Waals surface area contributed by atoms with E-state index in [1.807, 2.05) is 18.2 Å². The van der Waals surface area contributed by atoms with E-state index >= 15 is 0 Å². The van der Waals surface area contributed by atoms with Crippen molar-refractivity contribution in [3.63, 3.8) is 0 Å². The molecule has 0 amide bonds. The molecular weight excluding hydrogens is 418 g/mol. The second kappa shape index (κ2) is 8.17. The molecule has 162 valence electrons. The van der Waals surface area contributed by atoms with E-state index in [1.54, 1.807) is 42.5 Å². The maximum atomic E-state index is 12.0. The van der Waals surface area contributed by atoms with Crippen molar-refractivity contribution < 1.29 is 19.4 Å². The number of fused-ring (bicyclic) bond motifs is 2. The topological polar surface area (TPSA) is 108 Å². The Morgan fingerprint density at radius 2 is 1.73 bits per heavy atom. The number of aromatic hydroxyl groups is 1. The maximum Gasteiger partial charge on any atom is 0.199 e. The fourth-order valence-electron chi connectivity index (χ4n) is 3.83. The number of ether oxygens (including phenoxy) is 2. The van der Waals surface area contributed by atoms with Crippen LogP contribution in [0.3, 0.4) is 0 Å². The van der Waals surface area contributed by atoms with Crippen molar-refractivity contribution in [1.29, 1.82) is 5.26 Å². The van der Waals surface area contributed by atoms with Gasteiger partial charge in [0.1, 0.15) is 13.2 Å². The van der Waals surface area contributed by atoms with Crippen LogP contribution in [0.15, 0.2) is 65.7 Å². The van der Waals surface area contributed by atoms with Gasteiger partial charge in [-0.2, -0.15) is 5.26 Å². The van der Waals surface area contributed by atoms with Crippen LogP contribution in [-0.2, 0) is 0 Å². The van der Waals surface area contributed by atoms with Crippen molar-refractivity contribution >= 4 is 28.1 Å². The van der Waals surface area contributed by atoms with Gasteiger partial charge in [0.25, 0.3) is 0 Å². The van der Waals surface area contributed by atoms with E-state index in [9.17, 15) is 9.90 Å². The number of aliphatic imine (C=N–C) groups is 1. The van der Waals surface area contributed by atoms with Crippen LogP contribution in [0.25, 0.3) is 10.9 Å². The van der Waals surface area contributed by atoms with Crippen LogP contribution in [0.1, 0.15) is 34.0 Å². The number of nitriles is 1. The van der Waals surface area contributed by atoms with Gasteiger partial charge in [-0.25, -0.2) is 4.99 Å². The van der Waals surface area contributed by atoms with Crippen LogP contribution < -0.4 is 9.47 Å². The molecule has 0 aliphatic carbocycles. The molecule has 0 atom stereocenters. The van der Waals surface area contributed by atoms with Gasteiger partial charge in [-0.15, -0.1) is 0 Å². The molecule has 7 nitrogen and oxygen atoms in total. The Balaban J connectivity index is 1.75. The summed E-state index contributed by atoms with van der Waals surface area (Å²) in [7, 11) is 0. The van der Waals surface area contributed by atoms with E-state index < -0.39 is 0 Å². The Morgan fingerprint density at radius 1 is 1.00 bits per heavy atom. The van der Waals surface area contributed by atoms with Crippen LogP contribution in [0, 0.1) is 11.3 Å². The van der Waals surface area contributed by atoms with Crippen LogP contribution in [0.4, 0.5) is 5.69 Å². The number of aromatic amines is 1. The third-order valence-corrected chi connectivity index (χ3v) is 5.48. The van der Waals surface area contributed by atoms with Crippen molar-refractivity contribution in [3.8, 4) is 23.4 Å². The number of nitrogens with one attached hydrogen (secondary N) is 1. The second-order valence-corrected chi connectivity index (χ2v) is 7.64. The number of aromatic nitrogens is 1. The van der Waals surface area contributed by atoms with Gasteiger partial charge < -0.3 is 19.6 Å². The van der Waals surface area contributed by atoms with E-state index in [2.05, 4.69) is 11.1 Å². The largest absolute Gasteiger partial charge is 0.494 e. The fourth-order valence-corrected chi connectivity index (χ4v) is 3.83. The first-order valence-corrected chi connectivity index (χ1v) is 10.4. The van der Waals surface area contributed by atoms with Gasteiger partial charge in [0.05, 0.1) is 28.6 Å². The average molecular weight is 437 g/mol. The number of hydrogen-bond acceptors (Lipinski definition) is 6. The van der Waals surface area contributed by atoms with Crippen LogP contribution >= 0.6 is 0 Å². The predicted molar refractivity (Wildman–Crippen MR) is 124 cm³/mol. The molecule has 2 N–H and O–H groups in total. The molecule has 0 unspecified atom stereocenters. The molecule has 4 aromatic rings. The maximum absolute atomic E-state index is 12.0. The molecule has 0 radical (unpaired) electrons. The number of H-pyrrole nitrogens is 1. The van der Waals surface area contributed by atoms with Crippen LogP contribution in [0.2, 0.25) is 0 Å². The quantitative estimate of drug-likeness (QED) is 0.349. The highest BCUT2D eigenvalue weighted by atomic mass is 16.6. The van der Waals surface area contributed by atoms with Gasteiger partial charge >= 0.3 is 0 Å². The molecule has 7 heteroatoms. The summed E-state index contributed by atoms with van der Waals surface area (Å²) < 4.78 is 11.4. The summed E-state index contributed by atoms with van der Waals surface area (Å²) in [5.41, 5.74) is 4.00. The van der Waals surface area contributed by atoms with Crippen molar-refractivity contribution in [3.05, 3.63) is 82.9 Å². The lowest BCUT2D eigenvalue weighted by molar-refractivity contribution is 0.101. The second-order valence-electron chi connectivity index (χ2n) is 7.64.